The summed E-state index contributed by atoms with van der Waals surface area (Å²) < 4.78 is 13.4. The van der Waals surface area contributed by atoms with E-state index in [2.05, 4.69) is 4.90 Å². The van der Waals surface area contributed by atoms with Crippen molar-refractivity contribution in [2.75, 3.05) is 38.5 Å². The lowest BCUT2D eigenvalue weighted by Gasteiger charge is -2.34. The maximum absolute atomic E-state index is 13.9. The number of ether oxygens (including phenoxy) is 2. The Morgan fingerprint density at radius 3 is 2.36 bits per heavy atom. The first-order valence-corrected chi connectivity index (χ1v) is 14.6. The predicted octanol–water partition coefficient (Wildman–Crippen LogP) is 4.81. The molecule has 9 nitrogen and oxygen atoms in total. The van der Waals surface area contributed by atoms with Crippen LogP contribution in [-0.2, 0) is 11.3 Å². The van der Waals surface area contributed by atoms with Gasteiger partial charge in [-0.15, -0.1) is 0 Å². The molecular weight excluding hydrogens is 530 g/mol. The van der Waals surface area contributed by atoms with Crippen LogP contribution in [-0.4, -0.2) is 64.1 Å². The second-order valence-electron chi connectivity index (χ2n) is 10.3. The number of amides is 1. The summed E-state index contributed by atoms with van der Waals surface area (Å²) in [5.74, 6) is 1.85. The lowest BCUT2D eigenvalue weighted by atomic mass is 10.2. The fraction of sp³-hybridized carbons (Fsp3) is 0.364. The number of fused-ring (bicyclic) bond motifs is 1. The first-order chi connectivity index (χ1) is 20.3. The van der Waals surface area contributed by atoms with E-state index in [1.807, 2.05) is 88.0 Å². The van der Waals surface area contributed by atoms with Gasteiger partial charge < -0.3 is 20.1 Å². The number of hydrogen-bond donors (Lipinski definition) is 1. The lowest BCUT2D eigenvalue weighted by Crippen LogP contribution is -2.50. The topological polar surface area (TPSA) is 103 Å². The number of rotatable bonds is 8. The number of hydrogen-bond acceptors (Lipinski definition) is 7. The van der Waals surface area contributed by atoms with Gasteiger partial charge >= 0.3 is 0 Å². The van der Waals surface area contributed by atoms with Crippen molar-refractivity contribution in [1.82, 2.24) is 19.4 Å². The largest absolute Gasteiger partial charge is 0.489 e. The minimum Gasteiger partial charge on any atom is -0.489 e. The third-order valence-corrected chi connectivity index (χ3v) is 6.90. The molecule has 1 aliphatic heterocycles. The summed E-state index contributed by atoms with van der Waals surface area (Å²) in [6.07, 6.45) is -0.0648. The number of anilines is 1. The van der Waals surface area contributed by atoms with E-state index in [1.54, 1.807) is 22.8 Å². The van der Waals surface area contributed by atoms with Gasteiger partial charge in [-0.2, -0.15) is 0 Å². The minimum atomic E-state index is -0.200. The highest BCUT2D eigenvalue weighted by Gasteiger charge is 2.24. The molecule has 9 heteroatoms. The first-order valence-electron chi connectivity index (χ1n) is 14.6. The Labute approximate surface area is 247 Å². The quantitative estimate of drug-likeness (QED) is 0.303. The molecular formula is C33H41N5O4. The van der Waals surface area contributed by atoms with Gasteiger partial charge in [0.2, 0.25) is 0 Å². The van der Waals surface area contributed by atoms with Crippen molar-refractivity contribution in [3.8, 4) is 17.2 Å². The summed E-state index contributed by atoms with van der Waals surface area (Å²) in [5, 5.41) is 0.451. The molecule has 0 radical (unpaired) electrons. The summed E-state index contributed by atoms with van der Waals surface area (Å²) in [7, 11) is 0. The van der Waals surface area contributed by atoms with Gasteiger partial charge in [-0.25, -0.2) is 4.98 Å². The smallest absolute Gasteiger partial charge is 0.266 e. The summed E-state index contributed by atoms with van der Waals surface area (Å²) >= 11 is 0. The molecule has 0 unspecified atom stereocenters. The van der Waals surface area contributed by atoms with Crippen molar-refractivity contribution in [3.63, 3.8) is 0 Å². The number of aromatic nitrogens is 2. The Bertz CT molecular complexity index is 1560. The van der Waals surface area contributed by atoms with Gasteiger partial charge in [-0.3, -0.25) is 19.1 Å². The molecule has 2 heterocycles. The van der Waals surface area contributed by atoms with E-state index < -0.39 is 0 Å². The fourth-order valence-electron chi connectivity index (χ4n) is 4.83. The molecule has 3 aromatic carbocycles. The van der Waals surface area contributed by atoms with Crippen molar-refractivity contribution in [3.05, 3.63) is 88.5 Å². The van der Waals surface area contributed by atoms with E-state index in [0.29, 0.717) is 72.3 Å². The number of para-hydroxylation sites is 2. The number of piperazine rings is 1. The van der Waals surface area contributed by atoms with Crippen LogP contribution in [0.25, 0.3) is 16.6 Å². The molecule has 0 atom stereocenters. The van der Waals surface area contributed by atoms with E-state index in [9.17, 15) is 9.59 Å². The second kappa shape index (κ2) is 14.0. The van der Waals surface area contributed by atoms with Crippen molar-refractivity contribution in [2.45, 2.75) is 47.3 Å². The summed E-state index contributed by atoms with van der Waals surface area (Å²) in [4.78, 5) is 35.6. The average Bonchev–Trinajstić information content (AvgIpc) is 2.99. The number of aryl methyl sites for hydroxylation is 1. The van der Waals surface area contributed by atoms with Crippen LogP contribution in [0.5, 0.6) is 11.5 Å². The Kier molecular flexibility index (Phi) is 10.2. The highest BCUT2D eigenvalue weighted by molar-refractivity contribution is 5.81. The number of nitrogens with zero attached hydrogens (tertiary/aromatic N) is 4. The molecule has 42 heavy (non-hydrogen) atoms. The van der Waals surface area contributed by atoms with Gasteiger partial charge in [-0.1, -0.05) is 43.7 Å². The van der Waals surface area contributed by atoms with Crippen molar-refractivity contribution >= 4 is 22.5 Å². The van der Waals surface area contributed by atoms with Crippen LogP contribution >= 0.6 is 0 Å². The molecule has 0 aliphatic carbocycles. The van der Waals surface area contributed by atoms with Crippen LogP contribution in [0.1, 0.15) is 39.1 Å². The Balaban J connectivity index is 0.00000198. The first kappa shape index (κ1) is 30.6. The molecule has 1 saturated heterocycles. The second-order valence-corrected chi connectivity index (χ2v) is 10.3. The predicted molar refractivity (Wildman–Crippen MR) is 167 cm³/mol. The van der Waals surface area contributed by atoms with Gasteiger partial charge in [0.15, 0.2) is 6.61 Å². The maximum atomic E-state index is 13.9. The highest BCUT2D eigenvalue weighted by atomic mass is 16.5. The van der Waals surface area contributed by atoms with Crippen LogP contribution in [0.4, 0.5) is 5.69 Å². The number of carbonyl (C=O) groups excluding carboxylic acids is 1. The van der Waals surface area contributed by atoms with E-state index in [1.165, 1.54) is 0 Å². The minimum absolute atomic E-state index is 0.00456. The molecule has 1 aromatic heterocycles. The van der Waals surface area contributed by atoms with Crippen LogP contribution in [0, 0.1) is 6.92 Å². The van der Waals surface area contributed by atoms with Gasteiger partial charge in [0.25, 0.3) is 11.5 Å². The normalized spacial score (nSPS) is 13.5. The standard InChI is InChI=1S/C31H35N5O4.C2H6/c1-21(2)40-28-7-5-4-6-27(28)36-29(33-26-13-10-23(32)18-25(26)31(36)38)19-34-14-16-35(17-15-34)30(37)20-39-24-11-8-22(3)9-12-24;1-2/h4-13,18,21H,14-17,19-20,32H2,1-3H3;1-2H3. The number of nitrogen functional groups attached to an aromatic ring is 1. The van der Waals surface area contributed by atoms with Crippen molar-refractivity contribution in [2.24, 2.45) is 0 Å². The fourth-order valence-corrected chi connectivity index (χ4v) is 4.83. The third-order valence-electron chi connectivity index (χ3n) is 6.90. The monoisotopic (exact) mass is 571 g/mol. The zero-order valence-electron chi connectivity index (χ0n) is 25.2. The number of carbonyl (C=O) groups is 1. The van der Waals surface area contributed by atoms with Gasteiger partial charge in [0.1, 0.15) is 17.3 Å². The molecule has 1 fully saturated rings. The Morgan fingerprint density at radius 2 is 1.67 bits per heavy atom. The van der Waals surface area contributed by atoms with Crippen LogP contribution in [0.3, 0.4) is 0 Å². The van der Waals surface area contributed by atoms with E-state index >= 15 is 0 Å². The van der Waals surface area contributed by atoms with Crippen LogP contribution in [0.15, 0.2) is 71.5 Å². The van der Waals surface area contributed by atoms with E-state index in [0.717, 1.165) is 5.56 Å². The highest BCUT2D eigenvalue weighted by Crippen LogP contribution is 2.25. The molecule has 222 valence electrons. The third kappa shape index (κ3) is 7.28. The summed E-state index contributed by atoms with van der Waals surface area (Å²) in [5.41, 5.74) is 8.68. The molecule has 2 N–H and O–H groups in total. The maximum Gasteiger partial charge on any atom is 0.266 e. The lowest BCUT2D eigenvalue weighted by molar-refractivity contribution is -0.135. The summed E-state index contributed by atoms with van der Waals surface area (Å²) in [6.45, 7) is 12.8. The average molecular weight is 572 g/mol. The van der Waals surface area contributed by atoms with Crippen molar-refractivity contribution < 1.29 is 14.3 Å². The Morgan fingerprint density at radius 1 is 0.976 bits per heavy atom. The van der Waals surface area contributed by atoms with Crippen LogP contribution in [0.2, 0.25) is 0 Å². The van der Waals surface area contributed by atoms with Gasteiger partial charge in [-0.05, 0) is 63.2 Å². The van der Waals surface area contributed by atoms with E-state index in [4.69, 9.17) is 20.2 Å². The van der Waals surface area contributed by atoms with Crippen molar-refractivity contribution in [1.29, 1.82) is 0 Å². The molecule has 1 aliphatic rings. The van der Waals surface area contributed by atoms with Crippen LogP contribution < -0.4 is 20.8 Å². The molecule has 5 rings (SSSR count). The molecule has 0 saturated carbocycles. The van der Waals surface area contributed by atoms with Gasteiger partial charge in [0, 0.05) is 31.9 Å². The molecule has 0 spiro atoms. The number of nitrogens with two attached hydrogens (primary N) is 1. The zero-order chi connectivity index (χ0) is 30.2. The Hall–Kier alpha value is -4.37. The molecule has 4 aromatic rings. The van der Waals surface area contributed by atoms with E-state index in [-0.39, 0.29) is 24.2 Å². The SMILES string of the molecule is CC.Cc1ccc(OCC(=O)N2CCN(Cc3nc4ccc(N)cc4c(=O)n3-c3ccccc3OC(C)C)CC2)cc1. The number of benzene rings is 3. The zero-order valence-corrected chi connectivity index (χ0v) is 25.2. The molecule has 0 bridgehead atoms. The summed E-state index contributed by atoms with van der Waals surface area (Å²) in [6, 6.07) is 20.4. The van der Waals surface area contributed by atoms with Gasteiger partial charge in [0.05, 0.1) is 29.2 Å². The molecule has 1 amide bonds.